The van der Waals surface area contributed by atoms with Gasteiger partial charge < -0.3 is 19.5 Å². The molecule has 2 atom stereocenters. The van der Waals surface area contributed by atoms with E-state index in [-0.39, 0.29) is 35.7 Å². The average Bonchev–Trinajstić information content (AvgIpc) is 2.81. The summed E-state index contributed by atoms with van der Waals surface area (Å²) < 4.78 is 25.9. The van der Waals surface area contributed by atoms with E-state index in [1.807, 2.05) is 13.8 Å². The van der Waals surface area contributed by atoms with Crippen LogP contribution in [-0.4, -0.2) is 47.8 Å². The molecule has 126 valence electrons. The molecule has 0 bridgehead atoms. The predicted octanol–water partition coefficient (Wildman–Crippen LogP) is 2.14. The first-order chi connectivity index (χ1) is 10.9. The lowest BCUT2D eigenvalue weighted by Gasteiger charge is -2.21. The fraction of sp³-hybridized carbons (Fsp3) is 0.588. The van der Waals surface area contributed by atoms with E-state index in [1.165, 1.54) is 0 Å². The Morgan fingerprint density at radius 1 is 1.52 bits per heavy atom. The molecule has 23 heavy (non-hydrogen) atoms. The summed E-state index contributed by atoms with van der Waals surface area (Å²) in [5, 5.41) is 9.81. The monoisotopic (exact) mass is 323 g/mol. The molecule has 2 aliphatic heterocycles. The van der Waals surface area contributed by atoms with Crippen LogP contribution < -0.4 is 9.47 Å². The van der Waals surface area contributed by atoms with Gasteiger partial charge in [0.05, 0.1) is 18.8 Å². The lowest BCUT2D eigenvalue weighted by molar-refractivity contribution is 0.0705. The van der Waals surface area contributed by atoms with E-state index in [0.29, 0.717) is 30.9 Å². The summed E-state index contributed by atoms with van der Waals surface area (Å²) in [4.78, 5) is 14.4. The van der Waals surface area contributed by atoms with Crippen molar-refractivity contribution in [1.82, 2.24) is 4.90 Å². The van der Waals surface area contributed by atoms with Gasteiger partial charge in [0.15, 0.2) is 11.6 Å². The Kier molecular flexibility index (Phi) is 4.19. The molecule has 0 spiro atoms. The minimum absolute atomic E-state index is 0.0410. The second kappa shape index (κ2) is 6.00. The van der Waals surface area contributed by atoms with Crippen molar-refractivity contribution in [2.45, 2.75) is 39.3 Å². The van der Waals surface area contributed by atoms with Gasteiger partial charge in [-0.3, -0.25) is 4.79 Å². The molecular weight excluding hydrogens is 301 g/mol. The maximum Gasteiger partial charge on any atom is 0.261 e. The number of rotatable bonds is 3. The van der Waals surface area contributed by atoms with Crippen LogP contribution in [-0.2, 0) is 0 Å². The fourth-order valence-electron chi connectivity index (χ4n) is 3.06. The molecular formula is C17H22FNO4. The van der Waals surface area contributed by atoms with Gasteiger partial charge in [0, 0.05) is 6.54 Å². The molecule has 2 heterocycles. The van der Waals surface area contributed by atoms with E-state index in [9.17, 15) is 14.3 Å². The highest BCUT2D eigenvalue weighted by Gasteiger charge is 2.40. The number of carbonyl (C=O) groups excluding carboxylic acids is 1. The van der Waals surface area contributed by atoms with E-state index < -0.39 is 11.9 Å². The molecule has 1 saturated heterocycles. The number of carbonyl (C=O) groups is 1. The third kappa shape index (κ3) is 2.87. The van der Waals surface area contributed by atoms with Crippen molar-refractivity contribution >= 4 is 5.91 Å². The van der Waals surface area contributed by atoms with Crippen molar-refractivity contribution < 1.29 is 23.8 Å². The highest BCUT2D eigenvalue weighted by molar-refractivity contribution is 6.00. The molecule has 2 aliphatic rings. The molecule has 0 aromatic heterocycles. The van der Waals surface area contributed by atoms with Crippen LogP contribution in [0.15, 0.2) is 6.07 Å². The zero-order valence-corrected chi connectivity index (χ0v) is 13.6. The number of hydrogen-bond donors (Lipinski definition) is 1. The zero-order valence-electron chi connectivity index (χ0n) is 13.6. The number of amides is 1. The van der Waals surface area contributed by atoms with Crippen molar-refractivity contribution in [3.05, 3.63) is 23.0 Å². The Hall–Kier alpha value is -1.82. The van der Waals surface area contributed by atoms with Crippen LogP contribution in [0, 0.1) is 18.7 Å². The number of hydrogen-bond acceptors (Lipinski definition) is 4. The summed E-state index contributed by atoms with van der Waals surface area (Å²) in [6, 6.07) is 1.36. The first kappa shape index (κ1) is 16.1. The summed E-state index contributed by atoms with van der Waals surface area (Å²) in [5.74, 6) is -0.345. The molecule has 0 aliphatic carbocycles. The van der Waals surface area contributed by atoms with Crippen molar-refractivity contribution in [3.8, 4) is 11.5 Å². The van der Waals surface area contributed by atoms with Gasteiger partial charge in [-0.15, -0.1) is 0 Å². The number of halogens is 1. The van der Waals surface area contributed by atoms with Crippen LogP contribution in [0.5, 0.6) is 11.5 Å². The van der Waals surface area contributed by atoms with Crippen molar-refractivity contribution in [2.24, 2.45) is 5.92 Å². The number of nitrogens with zero attached hydrogens (tertiary/aromatic N) is 1. The summed E-state index contributed by atoms with van der Waals surface area (Å²) in [6.07, 6.45) is -0.0898. The highest BCUT2D eigenvalue weighted by atomic mass is 19.1. The van der Waals surface area contributed by atoms with Crippen LogP contribution in [0.25, 0.3) is 0 Å². The van der Waals surface area contributed by atoms with E-state index in [1.54, 1.807) is 17.9 Å². The van der Waals surface area contributed by atoms with Crippen molar-refractivity contribution in [2.75, 3.05) is 19.8 Å². The van der Waals surface area contributed by atoms with Crippen LogP contribution in [0.4, 0.5) is 4.39 Å². The van der Waals surface area contributed by atoms with Crippen molar-refractivity contribution in [1.29, 1.82) is 0 Å². The smallest absolute Gasteiger partial charge is 0.261 e. The second-order valence-electron chi connectivity index (χ2n) is 6.73. The van der Waals surface area contributed by atoms with Gasteiger partial charge in [-0.05, 0) is 30.9 Å². The van der Waals surface area contributed by atoms with Gasteiger partial charge in [-0.2, -0.15) is 0 Å². The summed E-state index contributed by atoms with van der Waals surface area (Å²) in [6.45, 7) is 6.39. The van der Waals surface area contributed by atoms with Gasteiger partial charge in [0.25, 0.3) is 5.91 Å². The summed E-state index contributed by atoms with van der Waals surface area (Å²) in [5.41, 5.74) is 0.516. The number of ether oxygens (including phenoxy) is 2. The first-order valence-corrected chi connectivity index (χ1v) is 7.96. The quantitative estimate of drug-likeness (QED) is 0.926. The van der Waals surface area contributed by atoms with Gasteiger partial charge >= 0.3 is 0 Å². The number of fused-ring (bicyclic) bond motifs is 2. The standard InChI is InChI=1S/C17H22FNO4/c1-9(2)7-23-16-14-13(4-10(3)15(16)18)22-8-11-5-12(20)6-19(11)17(14)21/h4,9,11-12,20H,5-8H2,1-3H3/t11-,12+/m1/s1. The molecule has 1 aromatic rings. The van der Waals surface area contributed by atoms with Crippen LogP contribution in [0.3, 0.4) is 0 Å². The van der Waals surface area contributed by atoms with Gasteiger partial charge in [-0.25, -0.2) is 4.39 Å². The van der Waals surface area contributed by atoms with Gasteiger partial charge in [0.2, 0.25) is 0 Å². The van der Waals surface area contributed by atoms with Gasteiger partial charge in [0.1, 0.15) is 17.9 Å². The fourth-order valence-corrected chi connectivity index (χ4v) is 3.06. The number of aliphatic hydroxyl groups excluding tert-OH is 1. The third-order valence-electron chi connectivity index (χ3n) is 4.23. The molecule has 0 saturated carbocycles. The largest absolute Gasteiger partial charge is 0.490 e. The third-order valence-corrected chi connectivity index (χ3v) is 4.23. The predicted molar refractivity (Wildman–Crippen MR) is 82.4 cm³/mol. The minimum Gasteiger partial charge on any atom is -0.490 e. The summed E-state index contributed by atoms with van der Waals surface area (Å²) >= 11 is 0. The van der Waals surface area contributed by atoms with E-state index >= 15 is 0 Å². The molecule has 0 radical (unpaired) electrons. The Bertz CT molecular complexity index is 632. The van der Waals surface area contributed by atoms with Crippen LogP contribution >= 0.6 is 0 Å². The van der Waals surface area contributed by atoms with Crippen LogP contribution in [0.1, 0.15) is 36.2 Å². The minimum atomic E-state index is -0.565. The second-order valence-corrected chi connectivity index (χ2v) is 6.73. The first-order valence-electron chi connectivity index (χ1n) is 7.96. The molecule has 1 fully saturated rings. The Morgan fingerprint density at radius 2 is 2.26 bits per heavy atom. The van der Waals surface area contributed by atoms with Gasteiger partial charge in [-0.1, -0.05) is 13.8 Å². The number of benzene rings is 1. The van der Waals surface area contributed by atoms with Crippen molar-refractivity contribution in [3.63, 3.8) is 0 Å². The lowest BCUT2D eigenvalue weighted by atomic mass is 10.1. The van der Waals surface area contributed by atoms with E-state index in [0.717, 1.165) is 0 Å². The van der Waals surface area contributed by atoms with Crippen LogP contribution in [0.2, 0.25) is 0 Å². The Morgan fingerprint density at radius 3 is 2.96 bits per heavy atom. The molecule has 1 aromatic carbocycles. The molecule has 1 amide bonds. The topological polar surface area (TPSA) is 59.0 Å². The Labute approximate surface area is 135 Å². The summed E-state index contributed by atoms with van der Waals surface area (Å²) in [7, 11) is 0. The average molecular weight is 323 g/mol. The highest BCUT2D eigenvalue weighted by Crippen LogP contribution is 2.39. The molecule has 5 nitrogen and oxygen atoms in total. The normalized spacial score (nSPS) is 23.4. The van der Waals surface area contributed by atoms with E-state index in [4.69, 9.17) is 9.47 Å². The molecule has 6 heteroatoms. The SMILES string of the molecule is Cc1cc2c(c(OCC(C)C)c1F)C(=O)N1C[C@@H](O)C[C@@H]1CO2. The molecule has 0 unspecified atom stereocenters. The lowest BCUT2D eigenvalue weighted by Crippen LogP contribution is -2.37. The number of aryl methyl sites for hydroxylation is 1. The van der Waals surface area contributed by atoms with E-state index in [2.05, 4.69) is 0 Å². The molecule has 3 rings (SSSR count). The zero-order chi connectivity index (χ0) is 16.7. The Balaban J connectivity index is 2.05. The molecule has 1 N–H and O–H groups in total. The number of aliphatic hydroxyl groups is 1. The maximum atomic E-state index is 14.6. The maximum absolute atomic E-state index is 14.6.